The van der Waals surface area contributed by atoms with E-state index in [-0.39, 0.29) is 18.2 Å². The summed E-state index contributed by atoms with van der Waals surface area (Å²) in [6.45, 7) is 5.21. The second-order valence-electron chi connectivity index (χ2n) is 6.52. The van der Waals surface area contributed by atoms with Crippen molar-refractivity contribution in [3.05, 3.63) is 28.8 Å². The summed E-state index contributed by atoms with van der Waals surface area (Å²) in [6.07, 6.45) is 0.629. The largest absolute Gasteiger partial charge is 0.495 e. The molecule has 2 atom stereocenters. The minimum atomic E-state index is -0.921. The molecule has 0 unspecified atom stereocenters. The molecule has 0 saturated heterocycles. The number of hydrogen-bond acceptors (Lipinski definition) is 4. The highest BCUT2D eigenvalue weighted by Crippen LogP contribution is 2.25. The third-order valence-electron chi connectivity index (χ3n) is 3.72. The second kappa shape index (κ2) is 10.0. The number of halogens is 1. The molecule has 0 aliphatic rings. The van der Waals surface area contributed by atoms with Crippen LogP contribution in [0.15, 0.2) is 18.2 Å². The van der Waals surface area contributed by atoms with Crippen LogP contribution in [-0.2, 0) is 20.8 Å². The number of hydrogen-bond donors (Lipinski definition) is 3. The average molecular weight is 384 g/mol. The first-order valence-corrected chi connectivity index (χ1v) is 8.71. The summed E-state index contributed by atoms with van der Waals surface area (Å²) in [5.41, 5.74) is 6.15. The van der Waals surface area contributed by atoms with Gasteiger partial charge < -0.3 is 21.1 Å². The minimum Gasteiger partial charge on any atom is -0.495 e. The number of methoxy groups -OCH3 is 1. The van der Waals surface area contributed by atoms with Gasteiger partial charge in [0.1, 0.15) is 17.8 Å². The highest BCUT2D eigenvalue weighted by Gasteiger charge is 2.26. The summed E-state index contributed by atoms with van der Waals surface area (Å²) in [5, 5.41) is 5.62. The summed E-state index contributed by atoms with van der Waals surface area (Å²) in [6, 6.07) is 3.43. The van der Waals surface area contributed by atoms with Gasteiger partial charge in [-0.05, 0) is 30.0 Å². The highest BCUT2D eigenvalue weighted by atomic mass is 35.5. The van der Waals surface area contributed by atoms with E-state index in [1.165, 1.54) is 14.0 Å². The monoisotopic (exact) mass is 383 g/mol. The molecule has 7 nitrogen and oxygen atoms in total. The first kappa shape index (κ1) is 21.8. The summed E-state index contributed by atoms with van der Waals surface area (Å²) in [5.74, 6) is -0.736. The van der Waals surface area contributed by atoms with Crippen molar-refractivity contribution in [3.8, 4) is 5.75 Å². The molecule has 0 spiro atoms. The standard InChI is InChI=1S/C18H26ClN3O4/c1-10(2)7-15(21-11(3)23)18(25)22-14(17(20)24)9-12-5-6-16(26-4)13(19)8-12/h5-6,8,10,14-15H,7,9H2,1-4H3,(H2,20,24)(H,21,23)(H,22,25)/t14-,15+/m1/s1. The number of primary amides is 1. The first-order chi connectivity index (χ1) is 12.1. The molecular formula is C18H26ClN3O4. The Labute approximate surface area is 158 Å². The lowest BCUT2D eigenvalue weighted by Crippen LogP contribution is -2.53. The molecule has 4 N–H and O–H groups in total. The fourth-order valence-corrected chi connectivity index (χ4v) is 2.80. The predicted octanol–water partition coefficient (Wildman–Crippen LogP) is 1.41. The first-order valence-electron chi connectivity index (χ1n) is 8.33. The zero-order chi connectivity index (χ0) is 19.9. The van der Waals surface area contributed by atoms with Crippen molar-refractivity contribution in [3.63, 3.8) is 0 Å². The predicted molar refractivity (Wildman–Crippen MR) is 99.9 cm³/mol. The van der Waals surface area contributed by atoms with Gasteiger partial charge in [-0.15, -0.1) is 0 Å². The minimum absolute atomic E-state index is 0.180. The van der Waals surface area contributed by atoms with Crippen LogP contribution in [0.4, 0.5) is 0 Å². The second-order valence-corrected chi connectivity index (χ2v) is 6.93. The topological polar surface area (TPSA) is 111 Å². The highest BCUT2D eigenvalue weighted by molar-refractivity contribution is 6.32. The summed E-state index contributed by atoms with van der Waals surface area (Å²) < 4.78 is 5.09. The molecule has 0 bridgehead atoms. The normalized spacial score (nSPS) is 13.0. The van der Waals surface area contributed by atoms with Gasteiger partial charge in [0, 0.05) is 13.3 Å². The van der Waals surface area contributed by atoms with E-state index < -0.39 is 23.9 Å². The smallest absolute Gasteiger partial charge is 0.243 e. The molecule has 0 fully saturated rings. The van der Waals surface area contributed by atoms with Crippen molar-refractivity contribution in [1.29, 1.82) is 0 Å². The van der Waals surface area contributed by atoms with Gasteiger partial charge in [0.05, 0.1) is 12.1 Å². The van der Waals surface area contributed by atoms with E-state index in [1.807, 2.05) is 13.8 Å². The van der Waals surface area contributed by atoms with Crippen molar-refractivity contribution < 1.29 is 19.1 Å². The maximum Gasteiger partial charge on any atom is 0.243 e. The molecule has 0 aliphatic carbocycles. The van der Waals surface area contributed by atoms with Crippen molar-refractivity contribution in [2.45, 2.75) is 45.7 Å². The Bertz CT molecular complexity index is 664. The van der Waals surface area contributed by atoms with Crippen molar-refractivity contribution in [2.24, 2.45) is 11.7 Å². The van der Waals surface area contributed by atoms with E-state index in [2.05, 4.69) is 10.6 Å². The molecule has 0 aliphatic heterocycles. The van der Waals surface area contributed by atoms with Crippen molar-refractivity contribution >= 4 is 29.3 Å². The fraction of sp³-hybridized carbons (Fsp3) is 0.500. The van der Waals surface area contributed by atoms with Gasteiger partial charge in [0.25, 0.3) is 0 Å². The van der Waals surface area contributed by atoms with Gasteiger partial charge in [-0.1, -0.05) is 31.5 Å². The Morgan fingerprint density at radius 1 is 1.19 bits per heavy atom. The Hall–Kier alpha value is -2.28. The van der Waals surface area contributed by atoms with E-state index in [0.29, 0.717) is 17.2 Å². The quantitative estimate of drug-likeness (QED) is 0.598. The van der Waals surface area contributed by atoms with Crippen LogP contribution >= 0.6 is 11.6 Å². The van der Waals surface area contributed by atoms with Crippen LogP contribution in [0, 0.1) is 5.92 Å². The Balaban J connectivity index is 2.88. The summed E-state index contributed by atoms with van der Waals surface area (Å²) in [7, 11) is 1.50. The van der Waals surface area contributed by atoms with E-state index in [1.54, 1.807) is 18.2 Å². The molecule has 26 heavy (non-hydrogen) atoms. The molecule has 8 heteroatoms. The molecule has 0 heterocycles. The number of carbonyl (C=O) groups is 3. The van der Waals surface area contributed by atoms with Crippen LogP contribution in [0.2, 0.25) is 5.02 Å². The Morgan fingerprint density at radius 3 is 2.31 bits per heavy atom. The maximum atomic E-state index is 12.5. The molecule has 144 valence electrons. The zero-order valence-corrected chi connectivity index (χ0v) is 16.2. The van der Waals surface area contributed by atoms with E-state index in [9.17, 15) is 14.4 Å². The van der Waals surface area contributed by atoms with Crippen LogP contribution < -0.4 is 21.1 Å². The molecule has 1 rings (SSSR count). The van der Waals surface area contributed by atoms with Crippen LogP contribution in [0.1, 0.15) is 32.8 Å². The zero-order valence-electron chi connectivity index (χ0n) is 15.5. The van der Waals surface area contributed by atoms with E-state index in [0.717, 1.165) is 5.56 Å². The van der Waals surface area contributed by atoms with Gasteiger partial charge in [-0.3, -0.25) is 14.4 Å². The molecule has 1 aromatic carbocycles. The number of amides is 3. The van der Waals surface area contributed by atoms with Gasteiger partial charge in [0.15, 0.2) is 0 Å². The lowest BCUT2D eigenvalue weighted by atomic mass is 10.0. The third-order valence-corrected chi connectivity index (χ3v) is 4.01. The molecule has 0 radical (unpaired) electrons. The molecule has 1 aromatic rings. The van der Waals surface area contributed by atoms with E-state index >= 15 is 0 Å². The number of benzene rings is 1. The number of ether oxygens (including phenoxy) is 1. The summed E-state index contributed by atoms with van der Waals surface area (Å²) >= 11 is 6.09. The lowest BCUT2D eigenvalue weighted by molar-refractivity contribution is -0.131. The van der Waals surface area contributed by atoms with Crippen molar-refractivity contribution in [2.75, 3.05) is 7.11 Å². The van der Waals surface area contributed by atoms with Crippen LogP contribution in [0.25, 0.3) is 0 Å². The SMILES string of the molecule is COc1ccc(C[C@@H](NC(=O)[C@H](CC(C)C)NC(C)=O)C(N)=O)cc1Cl. The molecule has 0 aromatic heterocycles. The van der Waals surface area contributed by atoms with Crippen LogP contribution in [0.3, 0.4) is 0 Å². The Kier molecular flexibility index (Phi) is 8.38. The number of rotatable bonds is 9. The number of nitrogens with one attached hydrogen (secondary N) is 2. The van der Waals surface area contributed by atoms with Gasteiger partial charge in [0.2, 0.25) is 17.7 Å². The number of nitrogens with two attached hydrogens (primary N) is 1. The van der Waals surface area contributed by atoms with Gasteiger partial charge >= 0.3 is 0 Å². The van der Waals surface area contributed by atoms with Gasteiger partial charge in [-0.2, -0.15) is 0 Å². The van der Waals surface area contributed by atoms with Gasteiger partial charge in [-0.25, -0.2) is 0 Å². The maximum absolute atomic E-state index is 12.5. The molecular weight excluding hydrogens is 358 g/mol. The molecule has 0 saturated carbocycles. The summed E-state index contributed by atoms with van der Waals surface area (Å²) in [4.78, 5) is 35.6. The van der Waals surface area contributed by atoms with Crippen molar-refractivity contribution in [1.82, 2.24) is 10.6 Å². The van der Waals surface area contributed by atoms with Crippen LogP contribution in [0.5, 0.6) is 5.75 Å². The fourth-order valence-electron chi connectivity index (χ4n) is 2.52. The third kappa shape index (κ3) is 6.92. The van der Waals surface area contributed by atoms with Crippen LogP contribution in [-0.4, -0.2) is 36.9 Å². The number of carbonyl (C=O) groups excluding carboxylic acids is 3. The average Bonchev–Trinajstić information content (AvgIpc) is 2.52. The molecule has 3 amide bonds. The van der Waals surface area contributed by atoms with E-state index in [4.69, 9.17) is 22.1 Å². The lowest BCUT2D eigenvalue weighted by Gasteiger charge is -2.23. The Morgan fingerprint density at radius 2 is 1.85 bits per heavy atom.